The lowest BCUT2D eigenvalue weighted by atomic mass is 10.1. The van der Waals surface area contributed by atoms with Crippen LogP contribution in [0.3, 0.4) is 0 Å². The molecular formula is C17H16ClN3O2. The van der Waals surface area contributed by atoms with Gasteiger partial charge in [-0.2, -0.15) is 5.10 Å². The lowest BCUT2D eigenvalue weighted by molar-refractivity contribution is -0.118. The quantitative estimate of drug-likeness (QED) is 0.666. The number of benzene rings is 2. The lowest BCUT2D eigenvalue weighted by Gasteiger charge is -2.08. The Hall–Kier alpha value is -2.66. The molecule has 0 radical (unpaired) electrons. The van der Waals surface area contributed by atoms with E-state index >= 15 is 0 Å². The largest absolute Gasteiger partial charge is 0.322 e. The van der Waals surface area contributed by atoms with Gasteiger partial charge in [-0.3, -0.25) is 9.59 Å². The van der Waals surface area contributed by atoms with E-state index in [9.17, 15) is 9.59 Å². The summed E-state index contributed by atoms with van der Waals surface area (Å²) in [7, 11) is 0. The fourth-order valence-corrected chi connectivity index (χ4v) is 2.07. The van der Waals surface area contributed by atoms with E-state index in [0.717, 1.165) is 5.56 Å². The van der Waals surface area contributed by atoms with Crippen molar-refractivity contribution in [1.29, 1.82) is 0 Å². The van der Waals surface area contributed by atoms with E-state index in [2.05, 4.69) is 15.8 Å². The Bertz CT molecular complexity index is 772. The van der Waals surface area contributed by atoms with Crippen molar-refractivity contribution in [2.75, 3.05) is 5.32 Å². The van der Waals surface area contributed by atoms with E-state index in [4.69, 9.17) is 11.6 Å². The van der Waals surface area contributed by atoms with Gasteiger partial charge in [-0.25, -0.2) is 5.43 Å². The van der Waals surface area contributed by atoms with Gasteiger partial charge in [-0.15, -0.1) is 0 Å². The average Bonchev–Trinajstić information content (AvgIpc) is 2.52. The molecule has 0 saturated carbocycles. The zero-order chi connectivity index (χ0) is 16.8. The van der Waals surface area contributed by atoms with Crippen molar-refractivity contribution in [2.45, 2.75) is 13.8 Å². The molecule has 0 atom stereocenters. The van der Waals surface area contributed by atoms with Crippen LogP contribution in [-0.2, 0) is 4.79 Å². The van der Waals surface area contributed by atoms with Crippen LogP contribution in [0, 0.1) is 0 Å². The van der Waals surface area contributed by atoms with Crippen LogP contribution in [0.5, 0.6) is 0 Å². The molecule has 2 N–H and O–H groups in total. The third kappa shape index (κ3) is 4.93. The summed E-state index contributed by atoms with van der Waals surface area (Å²) in [6.07, 6.45) is 0. The van der Waals surface area contributed by atoms with Crippen molar-refractivity contribution in [3.63, 3.8) is 0 Å². The number of rotatable bonds is 4. The monoisotopic (exact) mass is 329 g/mol. The summed E-state index contributed by atoms with van der Waals surface area (Å²) in [6.45, 7) is 3.16. The Kier molecular flexibility index (Phi) is 5.49. The van der Waals surface area contributed by atoms with Crippen molar-refractivity contribution in [1.82, 2.24) is 5.43 Å². The summed E-state index contributed by atoms with van der Waals surface area (Å²) >= 11 is 5.89. The predicted octanol–water partition coefficient (Wildman–Crippen LogP) is 3.45. The summed E-state index contributed by atoms with van der Waals surface area (Å²) in [5.74, 6) is -0.490. The molecule has 2 rings (SSSR count). The molecule has 23 heavy (non-hydrogen) atoms. The van der Waals surface area contributed by atoms with Crippen LogP contribution in [0.15, 0.2) is 53.6 Å². The Morgan fingerprint density at radius 3 is 2.39 bits per heavy atom. The molecule has 2 amide bonds. The van der Waals surface area contributed by atoms with Crippen LogP contribution in [0.25, 0.3) is 0 Å². The van der Waals surface area contributed by atoms with Crippen LogP contribution in [0.1, 0.15) is 29.8 Å². The molecule has 0 heterocycles. The maximum absolute atomic E-state index is 12.2. The number of nitrogens with one attached hydrogen (secondary N) is 2. The molecule has 0 saturated heterocycles. The first-order chi connectivity index (χ1) is 11.0. The molecule has 5 nitrogen and oxygen atoms in total. The highest BCUT2D eigenvalue weighted by molar-refractivity contribution is 6.31. The van der Waals surface area contributed by atoms with Crippen LogP contribution in [0.2, 0.25) is 5.02 Å². The van der Waals surface area contributed by atoms with E-state index in [1.165, 1.54) is 6.92 Å². The standard InChI is InChI=1S/C17H16ClN3O2/c1-11(20-21-12(2)22)13-5-4-8-16(10-13)19-17(23)14-6-3-7-15(18)9-14/h3-10H,1-2H3,(H,19,23)(H,21,22)/b20-11-. The van der Waals surface area contributed by atoms with Gasteiger partial charge < -0.3 is 5.32 Å². The summed E-state index contributed by atoms with van der Waals surface area (Å²) in [5, 5.41) is 7.28. The molecular weight excluding hydrogens is 314 g/mol. The topological polar surface area (TPSA) is 70.6 Å². The first-order valence-electron chi connectivity index (χ1n) is 6.94. The van der Waals surface area contributed by atoms with Gasteiger partial charge in [0.15, 0.2) is 0 Å². The number of carbonyl (C=O) groups excluding carboxylic acids is 2. The molecule has 0 unspecified atom stereocenters. The molecule has 118 valence electrons. The van der Waals surface area contributed by atoms with Gasteiger partial charge >= 0.3 is 0 Å². The smallest absolute Gasteiger partial charge is 0.255 e. The highest BCUT2D eigenvalue weighted by atomic mass is 35.5. The van der Waals surface area contributed by atoms with E-state index in [1.54, 1.807) is 49.4 Å². The summed E-state index contributed by atoms with van der Waals surface area (Å²) < 4.78 is 0. The van der Waals surface area contributed by atoms with Gasteiger partial charge in [-0.05, 0) is 42.8 Å². The molecule has 0 aliphatic rings. The second-order valence-electron chi connectivity index (χ2n) is 4.91. The maximum Gasteiger partial charge on any atom is 0.255 e. The summed E-state index contributed by atoms with van der Waals surface area (Å²) in [4.78, 5) is 23.1. The minimum atomic E-state index is -0.249. The zero-order valence-corrected chi connectivity index (χ0v) is 13.5. The van der Waals surface area contributed by atoms with Crippen molar-refractivity contribution in [2.24, 2.45) is 5.10 Å². The second kappa shape index (κ2) is 7.56. The lowest BCUT2D eigenvalue weighted by Crippen LogP contribution is -2.15. The van der Waals surface area contributed by atoms with Gasteiger partial charge in [0.25, 0.3) is 5.91 Å². The third-order valence-corrected chi connectivity index (χ3v) is 3.24. The number of carbonyl (C=O) groups is 2. The number of hydrazone groups is 1. The van der Waals surface area contributed by atoms with Crippen molar-refractivity contribution in [3.8, 4) is 0 Å². The average molecular weight is 330 g/mol. The van der Waals surface area contributed by atoms with E-state index < -0.39 is 0 Å². The van der Waals surface area contributed by atoms with Gasteiger partial charge in [0.05, 0.1) is 5.71 Å². The molecule has 0 aromatic heterocycles. The zero-order valence-electron chi connectivity index (χ0n) is 12.8. The van der Waals surface area contributed by atoms with Gasteiger partial charge in [0.1, 0.15) is 0 Å². The fraction of sp³-hybridized carbons (Fsp3) is 0.118. The fourth-order valence-electron chi connectivity index (χ4n) is 1.88. The Balaban J connectivity index is 2.15. The first kappa shape index (κ1) is 16.7. The second-order valence-corrected chi connectivity index (χ2v) is 5.35. The highest BCUT2D eigenvalue weighted by Crippen LogP contribution is 2.15. The Labute approximate surface area is 139 Å². The number of nitrogens with zero attached hydrogens (tertiary/aromatic N) is 1. The minimum Gasteiger partial charge on any atom is -0.322 e. The van der Waals surface area contributed by atoms with Crippen LogP contribution < -0.4 is 10.7 Å². The number of hydrogen-bond donors (Lipinski definition) is 2. The highest BCUT2D eigenvalue weighted by Gasteiger charge is 2.07. The molecule has 2 aromatic carbocycles. The Morgan fingerprint density at radius 1 is 1.00 bits per heavy atom. The van der Waals surface area contributed by atoms with Crippen LogP contribution in [-0.4, -0.2) is 17.5 Å². The number of halogens is 1. The molecule has 0 bridgehead atoms. The number of amides is 2. The Morgan fingerprint density at radius 2 is 1.70 bits per heavy atom. The molecule has 6 heteroatoms. The molecule has 2 aromatic rings. The van der Waals surface area contributed by atoms with Gasteiger partial charge in [0.2, 0.25) is 5.91 Å². The normalized spacial score (nSPS) is 11.0. The van der Waals surface area contributed by atoms with E-state index in [0.29, 0.717) is 22.0 Å². The number of anilines is 1. The van der Waals surface area contributed by atoms with Crippen LogP contribution in [0.4, 0.5) is 5.69 Å². The number of hydrogen-bond acceptors (Lipinski definition) is 3. The molecule has 0 fully saturated rings. The maximum atomic E-state index is 12.2. The third-order valence-electron chi connectivity index (χ3n) is 3.01. The predicted molar refractivity (Wildman–Crippen MR) is 91.9 cm³/mol. The van der Waals surface area contributed by atoms with Crippen LogP contribution >= 0.6 is 11.6 Å². The molecule has 0 aliphatic heterocycles. The van der Waals surface area contributed by atoms with E-state index in [-0.39, 0.29) is 11.8 Å². The summed E-state index contributed by atoms with van der Waals surface area (Å²) in [5.41, 5.74) is 4.92. The van der Waals surface area contributed by atoms with Gasteiger partial charge in [-0.1, -0.05) is 29.8 Å². The molecule has 0 spiro atoms. The summed E-state index contributed by atoms with van der Waals surface area (Å²) in [6, 6.07) is 13.9. The molecule has 0 aliphatic carbocycles. The van der Waals surface area contributed by atoms with Crippen molar-refractivity contribution < 1.29 is 9.59 Å². The minimum absolute atomic E-state index is 0.241. The first-order valence-corrected chi connectivity index (χ1v) is 7.32. The van der Waals surface area contributed by atoms with Gasteiger partial charge in [0, 0.05) is 23.2 Å². The van der Waals surface area contributed by atoms with Crippen molar-refractivity contribution >= 4 is 34.8 Å². The SMILES string of the molecule is CC(=O)N/N=C(/C)c1cccc(NC(=O)c2cccc(Cl)c2)c1. The van der Waals surface area contributed by atoms with Crippen molar-refractivity contribution in [3.05, 3.63) is 64.7 Å². The van der Waals surface area contributed by atoms with E-state index in [1.807, 2.05) is 6.07 Å².